The lowest BCUT2D eigenvalue weighted by molar-refractivity contribution is -0.0444. The second kappa shape index (κ2) is 6.05. The number of ether oxygens (including phenoxy) is 1. The lowest BCUT2D eigenvalue weighted by Crippen LogP contribution is -2.51. The quantitative estimate of drug-likeness (QED) is 0.918. The zero-order valence-electron chi connectivity index (χ0n) is 11.7. The number of aromatic carboxylic acids is 1. The summed E-state index contributed by atoms with van der Waals surface area (Å²) in [5, 5.41) is 9.19. The molecule has 20 heavy (non-hydrogen) atoms. The van der Waals surface area contributed by atoms with Crippen molar-refractivity contribution in [1.29, 1.82) is 0 Å². The number of nitrogens with zero attached hydrogens (tertiary/aromatic N) is 1. The summed E-state index contributed by atoms with van der Waals surface area (Å²) < 4.78 is 5.57. The standard InChI is InChI=1S/C15H19NO4/c1-3-11-9-20-10(2)8-16(11)14(17)12-6-4-5-7-13(12)15(18)19/h4-7,10-11H,3,8-9H2,1-2H3,(H,18,19). The molecule has 5 heteroatoms. The number of hydrogen-bond acceptors (Lipinski definition) is 3. The fraction of sp³-hybridized carbons (Fsp3) is 0.467. The Morgan fingerprint density at radius 1 is 1.35 bits per heavy atom. The highest BCUT2D eigenvalue weighted by atomic mass is 16.5. The van der Waals surface area contributed by atoms with E-state index in [2.05, 4.69) is 0 Å². The Morgan fingerprint density at radius 3 is 2.60 bits per heavy atom. The Kier molecular flexibility index (Phi) is 4.39. The molecule has 0 aromatic heterocycles. The van der Waals surface area contributed by atoms with Gasteiger partial charge in [0.2, 0.25) is 0 Å². The summed E-state index contributed by atoms with van der Waals surface area (Å²) in [5.41, 5.74) is 0.291. The molecule has 2 unspecified atom stereocenters. The predicted octanol–water partition coefficient (Wildman–Crippen LogP) is 2.02. The van der Waals surface area contributed by atoms with Crippen molar-refractivity contribution in [3.63, 3.8) is 0 Å². The third kappa shape index (κ3) is 2.82. The SMILES string of the molecule is CCC1COC(C)CN1C(=O)c1ccccc1C(=O)O. The molecule has 2 rings (SSSR count). The number of hydrogen-bond donors (Lipinski definition) is 1. The van der Waals surface area contributed by atoms with Crippen molar-refractivity contribution in [3.8, 4) is 0 Å². The van der Waals surface area contributed by atoms with Crippen molar-refractivity contribution in [3.05, 3.63) is 35.4 Å². The van der Waals surface area contributed by atoms with Gasteiger partial charge in [-0.3, -0.25) is 4.79 Å². The zero-order valence-corrected chi connectivity index (χ0v) is 11.7. The number of carboxylic acid groups (broad SMARTS) is 1. The summed E-state index contributed by atoms with van der Waals surface area (Å²) in [5.74, 6) is -1.31. The van der Waals surface area contributed by atoms with Crippen LogP contribution in [0.4, 0.5) is 0 Å². The van der Waals surface area contributed by atoms with Crippen LogP contribution in [0.25, 0.3) is 0 Å². The van der Waals surface area contributed by atoms with Crippen LogP contribution in [0.2, 0.25) is 0 Å². The zero-order chi connectivity index (χ0) is 14.7. The molecule has 1 N–H and O–H groups in total. The molecule has 2 atom stereocenters. The first-order valence-electron chi connectivity index (χ1n) is 6.79. The third-order valence-corrected chi connectivity index (χ3v) is 3.59. The smallest absolute Gasteiger partial charge is 0.336 e. The van der Waals surface area contributed by atoms with E-state index in [1.165, 1.54) is 6.07 Å². The van der Waals surface area contributed by atoms with E-state index in [9.17, 15) is 14.7 Å². The second-order valence-electron chi connectivity index (χ2n) is 5.01. The number of benzene rings is 1. The second-order valence-corrected chi connectivity index (χ2v) is 5.01. The van der Waals surface area contributed by atoms with E-state index in [-0.39, 0.29) is 29.2 Å². The molecule has 0 bridgehead atoms. The molecule has 0 saturated carbocycles. The van der Waals surface area contributed by atoms with Crippen LogP contribution in [-0.2, 0) is 4.74 Å². The molecule has 108 valence electrons. The van der Waals surface area contributed by atoms with Gasteiger partial charge >= 0.3 is 5.97 Å². The van der Waals surface area contributed by atoms with E-state index >= 15 is 0 Å². The summed E-state index contributed by atoms with van der Waals surface area (Å²) in [6.07, 6.45) is 0.756. The lowest BCUT2D eigenvalue weighted by Gasteiger charge is -2.38. The molecule has 1 fully saturated rings. The van der Waals surface area contributed by atoms with Gasteiger partial charge in [-0.25, -0.2) is 4.79 Å². The average molecular weight is 277 g/mol. The fourth-order valence-electron chi connectivity index (χ4n) is 2.44. The van der Waals surface area contributed by atoms with Gasteiger partial charge in [0.15, 0.2) is 0 Å². The predicted molar refractivity (Wildman–Crippen MR) is 73.9 cm³/mol. The minimum atomic E-state index is -1.08. The maximum absolute atomic E-state index is 12.6. The van der Waals surface area contributed by atoms with Crippen molar-refractivity contribution >= 4 is 11.9 Å². The minimum Gasteiger partial charge on any atom is -0.478 e. The van der Waals surface area contributed by atoms with Crippen LogP contribution in [0.1, 0.15) is 41.0 Å². The van der Waals surface area contributed by atoms with Gasteiger partial charge in [-0.2, -0.15) is 0 Å². The largest absolute Gasteiger partial charge is 0.478 e. The molecule has 1 aliphatic rings. The molecule has 0 radical (unpaired) electrons. The molecule has 0 spiro atoms. The Labute approximate surface area is 118 Å². The summed E-state index contributed by atoms with van der Waals surface area (Å²) >= 11 is 0. The van der Waals surface area contributed by atoms with Crippen LogP contribution in [0, 0.1) is 0 Å². The van der Waals surface area contributed by atoms with Crippen molar-refractivity contribution in [2.24, 2.45) is 0 Å². The molecular weight excluding hydrogens is 258 g/mol. The molecule has 5 nitrogen and oxygen atoms in total. The average Bonchev–Trinajstić information content (AvgIpc) is 2.46. The summed E-state index contributed by atoms with van der Waals surface area (Å²) in [6.45, 7) is 4.90. The Hall–Kier alpha value is -1.88. The summed E-state index contributed by atoms with van der Waals surface area (Å²) in [4.78, 5) is 25.6. The van der Waals surface area contributed by atoms with E-state index in [1.807, 2.05) is 13.8 Å². The van der Waals surface area contributed by atoms with E-state index < -0.39 is 5.97 Å². The normalized spacial score (nSPS) is 22.6. The molecule has 1 aromatic carbocycles. The van der Waals surface area contributed by atoms with Crippen LogP contribution in [-0.4, -0.2) is 47.2 Å². The van der Waals surface area contributed by atoms with Gasteiger partial charge in [0.05, 0.1) is 29.9 Å². The maximum Gasteiger partial charge on any atom is 0.336 e. The van der Waals surface area contributed by atoms with Crippen molar-refractivity contribution in [1.82, 2.24) is 4.90 Å². The lowest BCUT2D eigenvalue weighted by atomic mass is 10.0. The Bertz CT molecular complexity index is 514. The highest BCUT2D eigenvalue weighted by Crippen LogP contribution is 2.20. The van der Waals surface area contributed by atoms with Crippen LogP contribution in [0.3, 0.4) is 0 Å². The molecule has 0 aliphatic carbocycles. The molecule has 1 amide bonds. The van der Waals surface area contributed by atoms with Crippen molar-refractivity contribution < 1.29 is 19.4 Å². The molecule has 1 aromatic rings. The van der Waals surface area contributed by atoms with E-state index in [0.29, 0.717) is 13.2 Å². The minimum absolute atomic E-state index is 0.000510. The first kappa shape index (κ1) is 14.5. The molecular formula is C15H19NO4. The molecule has 1 heterocycles. The Balaban J connectivity index is 2.32. The number of morpholine rings is 1. The highest BCUT2D eigenvalue weighted by Gasteiger charge is 2.31. The van der Waals surface area contributed by atoms with Crippen LogP contribution in [0.15, 0.2) is 24.3 Å². The molecule has 1 aliphatic heterocycles. The van der Waals surface area contributed by atoms with Gasteiger partial charge in [0, 0.05) is 6.54 Å². The number of rotatable bonds is 3. The van der Waals surface area contributed by atoms with Crippen LogP contribution >= 0.6 is 0 Å². The topological polar surface area (TPSA) is 66.8 Å². The van der Waals surface area contributed by atoms with Gasteiger partial charge < -0.3 is 14.7 Å². The van der Waals surface area contributed by atoms with Crippen LogP contribution < -0.4 is 0 Å². The van der Waals surface area contributed by atoms with Gasteiger partial charge in [-0.1, -0.05) is 19.1 Å². The number of carbonyl (C=O) groups excluding carboxylic acids is 1. The van der Waals surface area contributed by atoms with Crippen molar-refractivity contribution in [2.75, 3.05) is 13.2 Å². The number of amides is 1. The Morgan fingerprint density at radius 2 is 2.00 bits per heavy atom. The summed E-state index contributed by atoms with van der Waals surface area (Å²) in [7, 11) is 0. The van der Waals surface area contributed by atoms with E-state index in [1.54, 1.807) is 23.1 Å². The molecule has 1 saturated heterocycles. The van der Waals surface area contributed by atoms with Crippen molar-refractivity contribution in [2.45, 2.75) is 32.4 Å². The van der Waals surface area contributed by atoms with E-state index in [4.69, 9.17) is 4.74 Å². The van der Waals surface area contributed by atoms with Gasteiger partial charge in [-0.05, 0) is 25.5 Å². The van der Waals surface area contributed by atoms with Gasteiger partial charge in [0.1, 0.15) is 0 Å². The fourth-order valence-corrected chi connectivity index (χ4v) is 2.44. The number of carboxylic acids is 1. The third-order valence-electron chi connectivity index (χ3n) is 3.59. The first-order chi connectivity index (χ1) is 9.54. The van der Waals surface area contributed by atoms with Crippen LogP contribution in [0.5, 0.6) is 0 Å². The summed E-state index contributed by atoms with van der Waals surface area (Å²) in [6, 6.07) is 6.34. The highest BCUT2D eigenvalue weighted by molar-refractivity contribution is 6.04. The van der Waals surface area contributed by atoms with Gasteiger partial charge in [0.25, 0.3) is 5.91 Å². The van der Waals surface area contributed by atoms with E-state index in [0.717, 1.165) is 6.42 Å². The van der Waals surface area contributed by atoms with Gasteiger partial charge in [-0.15, -0.1) is 0 Å². The number of carbonyl (C=O) groups is 2. The monoisotopic (exact) mass is 277 g/mol. The maximum atomic E-state index is 12.6. The first-order valence-corrected chi connectivity index (χ1v) is 6.79.